The summed E-state index contributed by atoms with van der Waals surface area (Å²) in [5.74, 6) is -2.57. The monoisotopic (exact) mass is 482 g/mol. The maximum atomic E-state index is 13.2. The first kappa shape index (κ1) is 27.0. The molecule has 1 unspecified atom stereocenters. The van der Waals surface area contributed by atoms with Gasteiger partial charge in [0.1, 0.15) is 0 Å². The second-order valence-corrected chi connectivity index (χ2v) is 6.65. The number of amides is 2. The van der Waals surface area contributed by atoms with Crippen LogP contribution in [0.4, 0.5) is 14.5 Å². The van der Waals surface area contributed by atoms with E-state index in [4.69, 9.17) is 5.73 Å². The molecule has 1 atom stereocenters. The fourth-order valence-corrected chi connectivity index (χ4v) is 2.76. The van der Waals surface area contributed by atoms with Gasteiger partial charge in [0.05, 0.1) is 6.42 Å². The van der Waals surface area contributed by atoms with Crippen molar-refractivity contribution in [1.82, 2.24) is 10.3 Å². The number of carbonyl (C=O) groups is 2. The quantitative estimate of drug-likeness (QED) is 0.476. The van der Waals surface area contributed by atoms with Gasteiger partial charge in [0.15, 0.2) is 11.6 Å². The van der Waals surface area contributed by atoms with E-state index in [1.807, 2.05) is 0 Å². The van der Waals surface area contributed by atoms with E-state index in [2.05, 4.69) is 15.6 Å². The number of halogens is 4. The highest BCUT2D eigenvalue weighted by Gasteiger charge is 2.12. The van der Waals surface area contributed by atoms with Crippen LogP contribution in [0.15, 0.2) is 67.0 Å². The molecule has 0 fully saturated rings. The number of rotatable bonds is 7. The minimum Gasteiger partial charge on any atom is -0.354 e. The van der Waals surface area contributed by atoms with Gasteiger partial charge in [0.25, 0.3) is 5.91 Å². The summed E-state index contributed by atoms with van der Waals surface area (Å²) in [4.78, 5) is 28.2. The average molecular weight is 483 g/mol. The van der Waals surface area contributed by atoms with Gasteiger partial charge in [-0.15, -0.1) is 24.8 Å². The third-order valence-corrected chi connectivity index (χ3v) is 4.41. The first-order valence-corrected chi connectivity index (χ1v) is 9.20. The van der Waals surface area contributed by atoms with Crippen molar-refractivity contribution >= 4 is 42.3 Å². The highest BCUT2D eigenvalue weighted by Crippen LogP contribution is 2.14. The van der Waals surface area contributed by atoms with Crippen LogP contribution in [0.3, 0.4) is 0 Å². The molecule has 0 bridgehead atoms. The maximum Gasteiger partial charge on any atom is 0.255 e. The molecule has 170 valence electrons. The molecule has 2 aromatic carbocycles. The number of nitrogens with one attached hydrogen (secondary N) is 2. The normalized spacial score (nSPS) is 10.8. The standard InChI is InChI=1S/C22H20F2N4O2.2ClH/c23-18-6-1-14(11-19(18)24)12-21(29)27-13-20(25)15-2-4-16(5-3-15)22(30)28-17-7-9-26-10-8-17;;/h1-11,20H,12-13,25H2,(H,27,29)(H,26,28,30);2*1H. The van der Waals surface area contributed by atoms with Gasteiger partial charge in [-0.1, -0.05) is 18.2 Å². The smallest absolute Gasteiger partial charge is 0.255 e. The summed E-state index contributed by atoms with van der Waals surface area (Å²) in [7, 11) is 0. The van der Waals surface area contributed by atoms with E-state index >= 15 is 0 Å². The van der Waals surface area contributed by atoms with Gasteiger partial charge < -0.3 is 16.4 Å². The van der Waals surface area contributed by atoms with Gasteiger partial charge >= 0.3 is 0 Å². The topological polar surface area (TPSA) is 97.1 Å². The third-order valence-electron chi connectivity index (χ3n) is 4.41. The predicted octanol–water partition coefficient (Wildman–Crippen LogP) is 3.81. The molecule has 4 N–H and O–H groups in total. The van der Waals surface area contributed by atoms with Crippen LogP contribution in [0.5, 0.6) is 0 Å². The van der Waals surface area contributed by atoms with Gasteiger partial charge in [-0.05, 0) is 47.5 Å². The van der Waals surface area contributed by atoms with Crippen molar-refractivity contribution in [2.24, 2.45) is 5.73 Å². The second-order valence-electron chi connectivity index (χ2n) is 6.65. The summed E-state index contributed by atoms with van der Waals surface area (Å²) in [6.07, 6.45) is 3.08. The number of nitrogens with zero attached hydrogens (tertiary/aromatic N) is 1. The Kier molecular flexibility index (Phi) is 10.7. The predicted molar refractivity (Wildman–Crippen MR) is 123 cm³/mol. The van der Waals surface area contributed by atoms with Crippen LogP contribution in [0.25, 0.3) is 0 Å². The molecule has 0 saturated heterocycles. The molecule has 0 radical (unpaired) electrons. The molecule has 0 saturated carbocycles. The number of anilines is 1. The lowest BCUT2D eigenvalue weighted by Gasteiger charge is -2.14. The summed E-state index contributed by atoms with van der Waals surface area (Å²) in [5.41, 5.74) is 8.30. The van der Waals surface area contributed by atoms with Crippen molar-refractivity contribution in [1.29, 1.82) is 0 Å². The minimum atomic E-state index is -0.995. The molecule has 1 heterocycles. The summed E-state index contributed by atoms with van der Waals surface area (Å²) in [6.45, 7) is 0.158. The first-order chi connectivity index (χ1) is 14.4. The number of hydrogen-bond donors (Lipinski definition) is 3. The van der Waals surface area contributed by atoms with E-state index in [1.54, 1.807) is 48.8 Å². The average Bonchev–Trinajstić information content (AvgIpc) is 2.75. The third kappa shape index (κ3) is 7.56. The lowest BCUT2D eigenvalue weighted by Crippen LogP contribution is -2.32. The van der Waals surface area contributed by atoms with Crippen LogP contribution < -0.4 is 16.4 Å². The zero-order chi connectivity index (χ0) is 21.5. The Morgan fingerprint density at radius 1 is 0.938 bits per heavy atom. The molecule has 0 aliphatic carbocycles. The fourth-order valence-electron chi connectivity index (χ4n) is 2.76. The Labute approximate surface area is 196 Å². The van der Waals surface area contributed by atoms with Gasteiger partial charge in [0, 0.05) is 36.2 Å². The number of nitrogens with two attached hydrogens (primary N) is 1. The second kappa shape index (κ2) is 12.7. The number of carbonyl (C=O) groups excluding carboxylic acids is 2. The van der Waals surface area contributed by atoms with Gasteiger partial charge in [-0.25, -0.2) is 8.78 Å². The summed E-state index contributed by atoms with van der Waals surface area (Å²) >= 11 is 0. The van der Waals surface area contributed by atoms with Gasteiger partial charge in [0.2, 0.25) is 5.91 Å². The number of benzene rings is 2. The molecule has 0 aliphatic rings. The number of pyridine rings is 1. The number of aromatic nitrogens is 1. The molecule has 3 rings (SSSR count). The van der Waals surface area contributed by atoms with Crippen molar-refractivity contribution in [2.45, 2.75) is 12.5 Å². The molecule has 32 heavy (non-hydrogen) atoms. The van der Waals surface area contributed by atoms with Gasteiger partial charge in [-0.2, -0.15) is 0 Å². The summed E-state index contributed by atoms with van der Waals surface area (Å²) < 4.78 is 26.2. The zero-order valence-corrected chi connectivity index (χ0v) is 18.4. The largest absolute Gasteiger partial charge is 0.354 e. The van der Waals surface area contributed by atoms with Crippen LogP contribution in [0, 0.1) is 11.6 Å². The molecular formula is C22H22Cl2F2N4O2. The van der Waals surface area contributed by atoms with E-state index in [0.29, 0.717) is 16.8 Å². The van der Waals surface area contributed by atoms with E-state index < -0.39 is 17.7 Å². The van der Waals surface area contributed by atoms with Crippen LogP contribution in [-0.2, 0) is 11.2 Å². The van der Waals surface area contributed by atoms with Crippen LogP contribution >= 0.6 is 24.8 Å². The van der Waals surface area contributed by atoms with Crippen molar-refractivity contribution in [3.8, 4) is 0 Å². The minimum absolute atomic E-state index is 0. The summed E-state index contributed by atoms with van der Waals surface area (Å²) in [6, 6.07) is 12.9. The molecule has 3 aromatic rings. The maximum absolute atomic E-state index is 13.2. The Morgan fingerprint density at radius 3 is 2.22 bits per heavy atom. The lowest BCUT2D eigenvalue weighted by molar-refractivity contribution is -0.120. The molecule has 0 spiro atoms. The Hall–Kier alpha value is -3.07. The van der Waals surface area contributed by atoms with Gasteiger partial charge in [-0.3, -0.25) is 14.6 Å². The summed E-state index contributed by atoms with van der Waals surface area (Å²) in [5, 5.41) is 5.43. The van der Waals surface area contributed by atoms with Crippen molar-refractivity contribution in [3.05, 3.63) is 95.3 Å². The van der Waals surface area contributed by atoms with E-state index in [1.165, 1.54) is 6.07 Å². The Balaban J connectivity index is 0.00000256. The Bertz CT molecular complexity index is 1040. The van der Waals surface area contributed by atoms with E-state index in [-0.39, 0.29) is 49.6 Å². The molecule has 2 amide bonds. The van der Waals surface area contributed by atoms with E-state index in [9.17, 15) is 18.4 Å². The highest BCUT2D eigenvalue weighted by atomic mass is 35.5. The Morgan fingerprint density at radius 2 is 1.59 bits per heavy atom. The SMILES string of the molecule is Cl.Cl.NC(CNC(=O)Cc1ccc(F)c(F)c1)c1ccc(C(=O)Nc2ccncc2)cc1. The molecule has 0 aliphatic heterocycles. The van der Waals surface area contributed by atoms with Crippen LogP contribution in [0.1, 0.15) is 27.5 Å². The van der Waals surface area contributed by atoms with Crippen molar-refractivity contribution in [3.63, 3.8) is 0 Å². The van der Waals surface area contributed by atoms with Crippen molar-refractivity contribution in [2.75, 3.05) is 11.9 Å². The molecule has 10 heteroatoms. The first-order valence-electron chi connectivity index (χ1n) is 9.20. The zero-order valence-electron chi connectivity index (χ0n) is 16.8. The molecule has 1 aromatic heterocycles. The number of hydrogen-bond acceptors (Lipinski definition) is 4. The van der Waals surface area contributed by atoms with E-state index in [0.717, 1.165) is 17.7 Å². The fraction of sp³-hybridized carbons (Fsp3) is 0.136. The van der Waals surface area contributed by atoms with Crippen molar-refractivity contribution < 1.29 is 18.4 Å². The highest BCUT2D eigenvalue weighted by molar-refractivity contribution is 6.04. The van der Waals surface area contributed by atoms with Crippen LogP contribution in [0.2, 0.25) is 0 Å². The lowest BCUT2D eigenvalue weighted by atomic mass is 10.0. The molecule has 6 nitrogen and oxygen atoms in total. The van der Waals surface area contributed by atoms with Crippen LogP contribution in [-0.4, -0.2) is 23.3 Å². The molecular weight excluding hydrogens is 461 g/mol.